The number of nitrogen functional groups attached to an aromatic ring is 1. The maximum Gasteiger partial charge on any atom is 0.228 e. The molecule has 114 valence electrons. The zero-order valence-corrected chi connectivity index (χ0v) is 13.0. The molecule has 0 aliphatic heterocycles. The van der Waals surface area contributed by atoms with Crippen molar-refractivity contribution >= 4 is 27.8 Å². The molecule has 0 fully saturated rings. The molecule has 0 aliphatic carbocycles. The van der Waals surface area contributed by atoms with Crippen LogP contribution in [0.2, 0.25) is 0 Å². The molecular weight excluding hydrogens is 292 g/mol. The Morgan fingerprint density at radius 1 is 1.52 bits per heavy atom. The molecule has 2 rings (SSSR count). The minimum atomic E-state index is 0.0105. The number of ether oxygens (including phenoxy) is 1. The van der Waals surface area contributed by atoms with Crippen molar-refractivity contribution in [2.75, 3.05) is 24.7 Å². The van der Waals surface area contributed by atoms with Gasteiger partial charge in [0.05, 0.1) is 17.7 Å². The molecule has 0 saturated carbocycles. The van der Waals surface area contributed by atoms with Gasteiger partial charge in [-0.2, -0.15) is 4.98 Å². The van der Waals surface area contributed by atoms with Crippen LogP contribution >= 0.6 is 11.3 Å². The van der Waals surface area contributed by atoms with Gasteiger partial charge in [-0.05, 0) is 6.92 Å². The van der Waals surface area contributed by atoms with Gasteiger partial charge in [0, 0.05) is 19.4 Å². The zero-order chi connectivity index (χ0) is 15.4. The largest absolute Gasteiger partial charge is 0.492 e. The summed E-state index contributed by atoms with van der Waals surface area (Å²) in [7, 11) is 1.53. The quantitative estimate of drug-likeness (QED) is 0.756. The van der Waals surface area contributed by atoms with Gasteiger partial charge in [-0.15, -0.1) is 11.3 Å². The lowest BCUT2D eigenvalue weighted by molar-refractivity contribution is 0.0992. The monoisotopic (exact) mass is 310 g/mol. The van der Waals surface area contributed by atoms with Crippen molar-refractivity contribution in [2.45, 2.75) is 26.7 Å². The summed E-state index contributed by atoms with van der Waals surface area (Å²) in [4.78, 5) is 16.5. The number of nitrogens with two attached hydrogens (primary N) is 1. The highest BCUT2D eigenvalue weighted by Gasteiger charge is 2.20. The van der Waals surface area contributed by atoms with Gasteiger partial charge in [-0.3, -0.25) is 4.79 Å². The van der Waals surface area contributed by atoms with E-state index >= 15 is 0 Å². The number of thiophene rings is 1. The molecule has 2 aromatic heterocycles. The lowest BCUT2D eigenvalue weighted by Gasteiger charge is -2.05. The maximum absolute atomic E-state index is 11.8. The summed E-state index contributed by atoms with van der Waals surface area (Å²) < 4.78 is 10.3. The molecule has 0 amide bonds. The van der Waals surface area contributed by atoms with Crippen LogP contribution in [0, 0.1) is 6.92 Å². The Bertz CT molecular complexity index is 635. The molecule has 0 aromatic carbocycles. The number of Topliss-reactive ketones (excluding diaryl/α,β-unsaturated/α-hetero) is 1. The van der Waals surface area contributed by atoms with Crippen molar-refractivity contribution in [3.8, 4) is 5.75 Å². The average Bonchev–Trinajstić information content (AvgIpc) is 3.02. The minimum absolute atomic E-state index is 0.0105. The fraction of sp³-hybridized carbons (Fsp3) is 0.462. The summed E-state index contributed by atoms with van der Waals surface area (Å²) in [5.74, 6) is 1.70. The van der Waals surface area contributed by atoms with E-state index in [1.54, 1.807) is 13.8 Å². The summed E-state index contributed by atoms with van der Waals surface area (Å²) in [6.07, 6.45) is 0.993. The number of nitrogens with zero attached hydrogens (tertiary/aromatic N) is 2. The van der Waals surface area contributed by atoms with E-state index in [1.165, 1.54) is 18.4 Å². The second-order valence-electron chi connectivity index (χ2n) is 4.40. The second kappa shape index (κ2) is 6.57. The SMILES string of the molecule is CCC(=O)c1sc(NCCc2nc(C)no2)c(OC)c1N. The van der Waals surface area contributed by atoms with Crippen molar-refractivity contribution in [1.82, 2.24) is 10.1 Å². The van der Waals surface area contributed by atoms with Crippen molar-refractivity contribution in [3.05, 3.63) is 16.6 Å². The van der Waals surface area contributed by atoms with Crippen molar-refractivity contribution in [3.63, 3.8) is 0 Å². The molecule has 0 spiro atoms. The van der Waals surface area contributed by atoms with E-state index in [0.29, 0.717) is 47.4 Å². The van der Waals surface area contributed by atoms with Crippen molar-refractivity contribution < 1.29 is 14.1 Å². The number of aryl methyl sites for hydroxylation is 1. The van der Waals surface area contributed by atoms with Crippen LogP contribution < -0.4 is 15.8 Å². The number of carbonyl (C=O) groups excluding carboxylic acids is 1. The fourth-order valence-corrected chi connectivity index (χ4v) is 2.97. The number of anilines is 2. The predicted molar refractivity (Wildman–Crippen MR) is 81.1 cm³/mol. The molecule has 3 N–H and O–H groups in total. The van der Waals surface area contributed by atoms with Crippen molar-refractivity contribution in [1.29, 1.82) is 0 Å². The molecule has 2 aromatic rings. The van der Waals surface area contributed by atoms with Crippen LogP contribution in [0.15, 0.2) is 4.52 Å². The van der Waals surface area contributed by atoms with E-state index < -0.39 is 0 Å². The fourth-order valence-electron chi connectivity index (χ4n) is 1.84. The van der Waals surface area contributed by atoms with E-state index in [0.717, 1.165) is 5.00 Å². The molecule has 0 saturated heterocycles. The summed E-state index contributed by atoms with van der Waals surface area (Å²) in [6.45, 7) is 4.16. The lowest BCUT2D eigenvalue weighted by atomic mass is 10.2. The standard InChI is InChI=1S/C13H18N4O3S/c1-4-8(18)12-10(14)11(19-3)13(21-12)15-6-5-9-16-7(2)17-20-9/h15H,4-6,14H2,1-3H3. The molecule has 0 unspecified atom stereocenters. The molecule has 7 nitrogen and oxygen atoms in total. The minimum Gasteiger partial charge on any atom is -0.492 e. The third-order valence-corrected chi connectivity index (χ3v) is 4.06. The van der Waals surface area contributed by atoms with Gasteiger partial charge < -0.3 is 20.3 Å². The number of aromatic nitrogens is 2. The predicted octanol–water partition coefficient (Wildman–Crippen LogP) is 2.28. The van der Waals surface area contributed by atoms with E-state index in [-0.39, 0.29) is 5.78 Å². The van der Waals surface area contributed by atoms with E-state index in [9.17, 15) is 4.79 Å². The Hall–Kier alpha value is -2.09. The molecule has 0 aliphatic rings. The Kier molecular flexibility index (Phi) is 4.79. The first-order valence-corrected chi connectivity index (χ1v) is 7.41. The topological polar surface area (TPSA) is 103 Å². The van der Waals surface area contributed by atoms with Crippen LogP contribution in [0.4, 0.5) is 10.7 Å². The second-order valence-corrected chi connectivity index (χ2v) is 5.42. The molecule has 0 atom stereocenters. The van der Waals surface area contributed by atoms with Gasteiger partial charge in [0.1, 0.15) is 5.00 Å². The normalized spacial score (nSPS) is 10.6. The first-order chi connectivity index (χ1) is 10.1. The number of hydrogen-bond donors (Lipinski definition) is 2. The van der Waals surface area contributed by atoms with Gasteiger partial charge in [0.2, 0.25) is 5.89 Å². The smallest absolute Gasteiger partial charge is 0.228 e. The van der Waals surface area contributed by atoms with E-state index in [4.69, 9.17) is 15.0 Å². The number of rotatable bonds is 7. The highest BCUT2D eigenvalue weighted by molar-refractivity contribution is 7.19. The van der Waals surface area contributed by atoms with Gasteiger partial charge in [0.15, 0.2) is 17.4 Å². The summed E-state index contributed by atoms with van der Waals surface area (Å²) in [5, 5.41) is 7.66. The summed E-state index contributed by atoms with van der Waals surface area (Å²) >= 11 is 1.31. The maximum atomic E-state index is 11.8. The Morgan fingerprint density at radius 3 is 2.86 bits per heavy atom. The average molecular weight is 310 g/mol. The Labute approximate surface area is 126 Å². The molecule has 21 heavy (non-hydrogen) atoms. The van der Waals surface area contributed by atoms with E-state index in [1.807, 2.05) is 0 Å². The van der Waals surface area contributed by atoms with Crippen molar-refractivity contribution in [2.24, 2.45) is 0 Å². The van der Waals surface area contributed by atoms with Crippen LogP contribution in [-0.4, -0.2) is 29.6 Å². The number of ketones is 1. The molecule has 0 bridgehead atoms. The van der Waals surface area contributed by atoms with Crippen LogP contribution in [-0.2, 0) is 6.42 Å². The van der Waals surface area contributed by atoms with Gasteiger partial charge in [-0.25, -0.2) is 0 Å². The Morgan fingerprint density at radius 2 is 2.29 bits per heavy atom. The van der Waals surface area contributed by atoms with Crippen LogP contribution in [0.1, 0.15) is 34.7 Å². The summed E-state index contributed by atoms with van der Waals surface area (Å²) in [6, 6.07) is 0. The first-order valence-electron chi connectivity index (χ1n) is 6.59. The third kappa shape index (κ3) is 3.33. The van der Waals surface area contributed by atoms with Crippen LogP contribution in [0.25, 0.3) is 0 Å². The Balaban J connectivity index is 2.07. The molecule has 2 heterocycles. The molecule has 8 heteroatoms. The lowest BCUT2D eigenvalue weighted by Crippen LogP contribution is -2.05. The van der Waals surface area contributed by atoms with Crippen LogP contribution in [0.5, 0.6) is 5.75 Å². The number of methoxy groups -OCH3 is 1. The van der Waals surface area contributed by atoms with Gasteiger partial charge in [-0.1, -0.05) is 12.1 Å². The number of nitrogens with one attached hydrogen (secondary N) is 1. The van der Waals surface area contributed by atoms with Gasteiger partial charge >= 0.3 is 0 Å². The number of carbonyl (C=O) groups is 1. The first kappa shape index (κ1) is 15.3. The van der Waals surface area contributed by atoms with Crippen LogP contribution in [0.3, 0.4) is 0 Å². The molecule has 0 radical (unpaired) electrons. The highest BCUT2D eigenvalue weighted by Crippen LogP contribution is 2.42. The molecular formula is C13H18N4O3S. The summed E-state index contributed by atoms with van der Waals surface area (Å²) in [5.41, 5.74) is 6.36. The zero-order valence-electron chi connectivity index (χ0n) is 12.2. The highest BCUT2D eigenvalue weighted by atomic mass is 32.1. The number of hydrogen-bond acceptors (Lipinski definition) is 8. The van der Waals surface area contributed by atoms with E-state index in [2.05, 4.69) is 15.5 Å². The third-order valence-electron chi connectivity index (χ3n) is 2.87. The van der Waals surface area contributed by atoms with Gasteiger partial charge in [0.25, 0.3) is 0 Å².